The van der Waals surface area contributed by atoms with E-state index in [1.54, 1.807) is 12.5 Å². The van der Waals surface area contributed by atoms with E-state index >= 15 is 0 Å². The minimum Gasteiger partial charge on any atom is -0.356 e. The van der Waals surface area contributed by atoms with Crippen LogP contribution in [-0.4, -0.2) is 45.2 Å². The van der Waals surface area contributed by atoms with Crippen LogP contribution in [0.3, 0.4) is 0 Å². The number of nitrogens with zero attached hydrogens (tertiary/aromatic N) is 4. The summed E-state index contributed by atoms with van der Waals surface area (Å²) in [6.45, 7) is 1.71. The second-order valence-corrected chi connectivity index (χ2v) is 6.36. The number of rotatable bonds is 3. The number of piperidine rings is 1. The van der Waals surface area contributed by atoms with Crippen LogP contribution in [0.15, 0.2) is 29.4 Å². The smallest absolute Gasteiger partial charge is 0.252 e. The van der Waals surface area contributed by atoms with E-state index in [4.69, 9.17) is 0 Å². The second-order valence-electron chi connectivity index (χ2n) is 5.58. The zero-order chi connectivity index (χ0) is 15.6. The van der Waals surface area contributed by atoms with E-state index in [1.807, 2.05) is 16.8 Å². The lowest BCUT2D eigenvalue weighted by Crippen LogP contribution is -2.44. The van der Waals surface area contributed by atoms with Gasteiger partial charge in [-0.25, -0.2) is 9.97 Å². The van der Waals surface area contributed by atoms with Crippen LogP contribution in [0.5, 0.6) is 0 Å². The van der Waals surface area contributed by atoms with Gasteiger partial charge in [0.25, 0.3) is 5.91 Å². The molecule has 0 aliphatic carbocycles. The van der Waals surface area contributed by atoms with Gasteiger partial charge in [-0.2, -0.15) is 16.4 Å². The van der Waals surface area contributed by atoms with E-state index in [0.717, 1.165) is 48.3 Å². The van der Waals surface area contributed by atoms with Gasteiger partial charge in [-0.15, -0.1) is 0 Å². The molecule has 1 aliphatic rings. The lowest BCUT2D eigenvalue weighted by atomic mass is 10.0. The van der Waals surface area contributed by atoms with Gasteiger partial charge < -0.3 is 10.2 Å². The van der Waals surface area contributed by atoms with Crippen molar-refractivity contribution in [3.63, 3.8) is 0 Å². The quantitative estimate of drug-likeness (QED) is 0.766. The van der Waals surface area contributed by atoms with Crippen molar-refractivity contribution in [3.05, 3.63) is 34.9 Å². The molecule has 3 aromatic heterocycles. The molecule has 8 heteroatoms. The number of nitrogens with one attached hydrogen (secondary N) is 2. The number of anilines is 1. The molecule has 1 amide bonds. The van der Waals surface area contributed by atoms with Gasteiger partial charge in [0.1, 0.15) is 12.1 Å². The van der Waals surface area contributed by atoms with E-state index in [-0.39, 0.29) is 11.9 Å². The maximum absolute atomic E-state index is 12.1. The number of aromatic nitrogens is 4. The molecule has 1 saturated heterocycles. The first-order chi connectivity index (χ1) is 11.3. The van der Waals surface area contributed by atoms with Crippen molar-refractivity contribution in [3.8, 4) is 0 Å². The average Bonchev–Trinajstić information content (AvgIpc) is 3.26. The molecule has 0 radical (unpaired) electrons. The SMILES string of the molecule is O=C(NC1CCN(c2ncnc3[nH]ncc23)CC1)c1ccsc1. The van der Waals surface area contributed by atoms with Gasteiger partial charge >= 0.3 is 0 Å². The zero-order valence-corrected chi connectivity index (χ0v) is 13.2. The molecule has 0 unspecified atom stereocenters. The summed E-state index contributed by atoms with van der Waals surface area (Å²) in [5.41, 5.74) is 1.50. The van der Waals surface area contributed by atoms with E-state index in [1.165, 1.54) is 11.3 Å². The highest BCUT2D eigenvalue weighted by molar-refractivity contribution is 7.08. The summed E-state index contributed by atoms with van der Waals surface area (Å²) in [7, 11) is 0. The number of fused-ring (bicyclic) bond motifs is 1. The van der Waals surface area contributed by atoms with Crippen molar-refractivity contribution in [1.82, 2.24) is 25.5 Å². The van der Waals surface area contributed by atoms with E-state index in [9.17, 15) is 4.79 Å². The number of carbonyl (C=O) groups is 1. The molecule has 118 valence electrons. The molecule has 4 heterocycles. The summed E-state index contributed by atoms with van der Waals surface area (Å²) in [6, 6.07) is 2.06. The standard InChI is InChI=1S/C15H16N6OS/c22-15(10-3-6-23-8-10)19-11-1-4-21(5-2-11)14-12-7-18-20-13(12)16-9-17-14/h3,6-9,11H,1-2,4-5H2,(H,19,22)(H,16,17,18,20). The van der Waals surface area contributed by atoms with Gasteiger partial charge in [0.2, 0.25) is 0 Å². The molecule has 23 heavy (non-hydrogen) atoms. The fraction of sp³-hybridized carbons (Fsp3) is 0.333. The third kappa shape index (κ3) is 2.77. The molecule has 7 nitrogen and oxygen atoms in total. The predicted molar refractivity (Wildman–Crippen MR) is 88.7 cm³/mol. The summed E-state index contributed by atoms with van der Waals surface area (Å²) in [5.74, 6) is 0.926. The van der Waals surface area contributed by atoms with Crippen LogP contribution in [-0.2, 0) is 0 Å². The lowest BCUT2D eigenvalue weighted by molar-refractivity contribution is 0.0931. The summed E-state index contributed by atoms with van der Waals surface area (Å²) in [4.78, 5) is 22.9. The van der Waals surface area contributed by atoms with E-state index in [0.29, 0.717) is 0 Å². The normalized spacial score (nSPS) is 15.9. The Morgan fingerprint density at radius 1 is 1.35 bits per heavy atom. The number of aromatic amines is 1. The third-order valence-electron chi connectivity index (χ3n) is 4.14. The van der Waals surface area contributed by atoms with Crippen LogP contribution >= 0.6 is 11.3 Å². The maximum atomic E-state index is 12.1. The number of carbonyl (C=O) groups excluding carboxylic acids is 1. The summed E-state index contributed by atoms with van der Waals surface area (Å²) in [6.07, 6.45) is 5.12. The molecule has 0 bridgehead atoms. The maximum Gasteiger partial charge on any atom is 0.252 e. The topological polar surface area (TPSA) is 86.8 Å². The number of thiophene rings is 1. The van der Waals surface area contributed by atoms with Gasteiger partial charge in [-0.1, -0.05) is 0 Å². The van der Waals surface area contributed by atoms with Crippen LogP contribution in [0, 0.1) is 0 Å². The largest absolute Gasteiger partial charge is 0.356 e. The van der Waals surface area contributed by atoms with Crippen molar-refractivity contribution in [2.24, 2.45) is 0 Å². The van der Waals surface area contributed by atoms with Gasteiger partial charge in [0.05, 0.1) is 11.6 Å². The fourth-order valence-corrected chi connectivity index (χ4v) is 3.54. The Balaban J connectivity index is 1.41. The number of hydrogen-bond donors (Lipinski definition) is 2. The van der Waals surface area contributed by atoms with Crippen LogP contribution in [0.25, 0.3) is 11.0 Å². The molecule has 0 atom stereocenters. The number of hydrogen-bond acceptors (Lipinski definition) is 6. The van der Waals surface area contributed by atoms with Crippen molar-refractivity contribution >= 4 is 34.1 Å². The Kier molecular flexibility index (Phi) is 3.66. The van der Waals surface area contributed by atoms with E-state index < -0.39 is 0 Å². The predicted octanol–water partition coefficient (Wildman–Crippen LogP) is 1.81. The van der Waals surface area contributed by atoms with Gasteiger partial charge in [-0.05, 0) is 24.3 Å². The Morgan fingerprint density at radius 2 is 2.22 bits per heavy atom. The first kappa shape index (κ1) is 14.1. The molecule has 0 saturated carbocycles. The molecular formula is C15H16N6OS. The van der Waals surface area contributed by atoms with Crippen LogP contribution in [0.4, 0.5) is 5.82 Å². The minimum absolute atomic E-state index is 0.0176. The van der Waals surface area contributed by atoms with Gasteiger partial charge in [-0.3, -0.25) is 9.89 Å². The van der Waals surface area contributed by atoms with E-state index in [2.05, 4.69) is 30.4 Å². The lowest BCUT2D eigenvalue weighted by Gasteiger charge is -2.33. The van der Waals surface area contributed by atoms with Crippen LogP contribution < -0.4 is 10.2 Å². The summed E-state index contributed by atoms with van der Waals surface area (Å²) in [5, 5.41) is 14.7. The first-order valence-electron chi connectivity index (χ1n) is 7.53. The molecule has 4 rings (SSSR count). The molecule has 3 aromatic rings. The second kappa shape index (κ2) is 5.96. The zero-order valence-electron chi connectivity index (χ0n) is 12.4. The Morgan fingerprint density at radius 3 is 3.00 bits per heavy atom. The van der Waals surface area contributed by atoms with Crippen molar-refractivity contribution < 1.29 is 4.79 Å². The molecule has 0 spiro atoms. The molecular weight excluding hydrogens is 312 g/mol. The molecule has 1 fully saturated rings. The molecule has 2 N–H and O–H groups in total. The van der Waals surface area contributed by atoms with Crippen molar-refractivity contribution in [2.75, 3.05) is 18.0 Å². The highest BCUT2D eigenvalue weighted by atomic mass is 32.1. The average molecular weight is 328 g/mol. The highest BCUT2D eigenvalue weighted by Gasteiger charge is 2.23. The van der Waals surface area contributed by atoms with Crippen LogP contribution in [0.2, 0.25) is 0 Å². The van der Waals surface area contributed by atoms with Crippen molar-refractivity contribution in [1.29, 1.82) is 0 Å². The monoisotopic (exact) mass is 328 g/mol. The fourth-order valence-electron chi connectivity index (χ4n) is 2.90. The van der Waals surface area contributed by atoms with Gasteiger partial charge in [0.15, 0.2) is 5.65 Å². The minimum atomic E-state index is 0.0176. The highest BCUT2D eigenvalue weighted by Crippen LogP contribution is 2.24. The molecule has 0 aromatic carbocycles. The Labute approximate surface area is 136 Å². The third-order valence-corrected chi connectivity index (χ3v) is 4.82. The Bertz CT molecular complexity index is 806. The summed E-state index contributed by atoms with van der Waals surface area (Å²) < 4.78 is 0. The number of amides is 1. The van der Waals surface area contributed by atoms with Gasteiger partial charge in [0, 0.05) is 30.1 Å². The Hall–Kier alpha value is -2.48. The summed E-state index contributed by atoms with van der Waals surface area (Å²) >= 11 is 1.54. The number of H-pyrrole nitrogens is 1. The first-order valence-corrected chi connectivity index (χ1v) is 8.47. The van der Waals surface area contributed by atoms with Crippen LogP contribution in [0.1, 0.15) is 23.2 Å². The molecule has 1 aliphatic heterocycles. The van der Waals surface area contributed by atoms with Crippen molar-refractivity contribution in [2.45, 2.75) is 18.9 Å².